The molecule has 6 rings (SSSR count). The normalized spacial score (nSPS) is 17.9. The first-order valence-electron chi connectivity index (χ1n) is 20.8. The maximum atomic E-state index is 9.00. The molecule has 4 aromatic carbocycles. The van der Waals surface area contributed by atoms with Crippen LogP contribution in [0.5, 0.6) is 0 Å². The van der Waals surface area contributed by atoms with Gasteiger partial charge in [0.15, 0.2) is 0 Å². The molecule has 0 saturated heterocycles. The molecule has 0 saturated carbocycles. The van der Waals surface area contributed by atoms with Gasteiger partial charge in [-0.25, -0.2) is 0 Å². The molecule has 0 aliphatic heterocycles. The van der Waals surface area contributed by atoms with Gasteiger partial charge in [0.05, 0.1) is 0 Å². The van der Waals surface area contributed by atoms with E-state index in [-0.39, 0.29) is 7.25 Å². The zero-order valence-corrected chi connectivity index (χ0v) is 40.7. The van der Waals surface area contributed by atoms with Gasteiger partial charge in [0.2, 0.25) is 0 Å². The number of hydrogen-bond acceptors (Lipinski definition) is 0. The zero-order valence-electron chi connectivity index (χ0n) is 35.5. The van der Waals surface area contributed by atoms with Gasteiger partial charge in [-0.15, -0.1) is 0 Å². The van der Waals surface area contributed by atoms with E-state index in [0.29, 0.717) is 35.5 Å². The van der Waals surface area contributed by atoms with E-state index in [9.17, 15) is 0 Å². The number of halogens is 2. The summed E-state index contributed by atoms with van der Waals surface area (Å²) in [5.41, 5.74) is 19.5. The third kappa shape index (κ3) is 6.70. The van der Waals surface area contributed by atoms with Crippen molar-refractivity contribution in [2.75, 3.05) is 0 Å². The van der Waals surface area contributed by atoms with E-state index in [1.807, 2.05) is 0 Å². The molecule has 287 valence electrons. The van der Waals surface area contributed by atoms with Gasteiger partial charge in [-0.2, -0.15) is 0 Å². The fraction of sp³-hybridized carbons (Fsp3) is 0.440. The minimum atomic E-state index is -5.04. The van der Waals surface area contributed by atoms with E-state index in [0.717, 1.165) is 0 Å². The average Bonchev–Trinajstić information content (AvgIpc) is 3.72. The van der Waals surface area contributed by atoms with Crippen LogP contribution >= 0.6 is 17.0 Å². The molecule has 54 heavy (non-hydrogen) atoms. The first-order chi connectivity index (χ1) is 25.3. The van der Waals surface area contributed by atoms with Crippen molar-refractivity contribution in [2.24, 2.45) is 11.8 Å². The molecule has 2 aliphatic carbocycles. The molecule has 4 aromatic rings. The van der Waals surface area contributed by atoms with E-state index in [2.05, 4.69) is 181 Å². The van der Waals surface area contributed by atoms with Crippen LogP contribution in [0.2, 0.25) is 13.1 Å². The van der Waals surface area contributed by atoms with Crippen LogP contribution in [0.3, 0.4) is 0 Å². The molecule has 0 N–H and O–H groups in total. The van der Waals surface area contributed by atoms with Crippen LogP contribution in [0, 0.1) is 11.8 Å². The number of benzene rings is 4. The molecule has 0 radical (unpaired) electrons. The minimum absolute atomic E-state index is 0.0527. The van der Waals surface area contributed by atoms with Crippen LogP contribution < -0.4 is 0 Å². The molecule has 0 nitrogen and oxygen atoms in total. The van der Waals surface area contributed by atoms with Crippen molar-refractivity contribution < 1.29 is 15.6 Å². The van der Waals surface area contributed by atoms with E-state index < -0.39 is 21.5 Å². The summed E-state index contributed by atoms with van der Waals surface area (Å²) in [5.74, 6) is 0.496. The topological polar surface area (TPSA) is 0 Å². The van der Waals surface area contributed by atoms with Crippen LogP contribution in [0.25, 0.3) is 34.4 Å². The van der Waals surface area contributed by atoms with Gasteiger partial charge in [0.25, 0.3) is 0 Å². The molecule has 0 aromatic heterocycles. The summed E-state index contributed by atoms with van der Waals surface area (Å²) in [5, 5.41) is 0. The summed E-state index contributed by atoms with van der Waals surface area (Å²) in [7, 11) is 18.0. The summed E-state index contributed by atoms with van der Waals surface area (Å²) in [6, 6.07) is 28.0. The molecule has 2 atom stereocenters. The Bertz CT molecular complexity index is 1980. The van der Waals surface area contributed by atoms with Gasteiger partial charge in [0, 0.05) is 0 Å². The Labute approximate surface area is 337 Å². The number of hydrogen-bond donors (Lipinski definition) is 0. The van der Waals surface area contributed by atoms with Gasteiger partial charge in [-0.05, 0) is 0 Å². The zero-order chi connectivity index (χ0) is 39.6. The number of fused-ring (bicyclic) bond motifs is 2. The van der Waals surface area contributed by atoms with Crippen LogP contribution in [-0.2, 0) is 15.6 Å². The molecule has 0 heterocycles. The monoisotopic (exact) mass is 853 g/mol. The van der Waals surface area contributed by atoms with Gasteiger partial charge in [-0.1, -0.05) is 0 Å². The van der Waals surface area contributed by atoms with Crippen LogP contribution in [0.1, 0.15) is 159 Å². The average molecular weight is 856 g/mol. The predicted octanol–water partition coefficient (Wildman–Crippen LogP) is 16.4. The van der Waals surface area contributed by atoms with E-state index in [1.54, 1.807) is 0 Å². The second-order valence-electron chi connectivity index (χ2n) is 18.7. The molecule has 0 amide bonds. The van der Waals surface area contributed by atoms with Crippen molar-refractivity contribution in [3.63, 3.8) is 0 Å². The van der Waals surface area contributed by atoms with Crippen molar-refractivity contribution in [1.82, 2.24) is 0 Å². The van der Waals surface area contributed by atoms with Gasteiger partial charge in [0.1, 0.15) is 0 Å². The summed E-state index contributed by atoms with van der Waals surface area (Å²) in [6.45, 7) is 33.1. The van der Waals surface area contributed by atoms with Crippen molar-refractivity contribution >= 4 is 35.1 Å². The Kier molecular flexibility index (Phi) is 11.9. The fourth-order valence-corrected chi connectivity index (χ4v) is 41.6. The number of rotatable bonds is 11. The molecule has 4 heteroatoms. The third-order valence-electron chi connectivity index (χ3n) is 13.0. The van der Waals surface area contributed by atoms with Crippen LogP contribution in [0.15, 0.2) is 83.9 Å². The summed E-state index contributed by atoms with van der Waals surface area (Å²) < 4.78 is 0.105. The molecular formula is C50H65Cl2SiZr. The third-order valence-corrected chi connectivity index (χ3v) is 64.7. The standard InChI is InChI=1S/2C24H29.C2H7Si.2ClH.Zr/c2*1-15(2)19-13-18-11-12-21(17(5)6)24(23(18)14-19)22-10-8-7-9-20(22)16(3)4;1-3-2;;;/h2*7-17H,1-6H3;3H,1-2H3;2*1H;/q;;;;;+2/p-2. The van der Waals surface area contributed by atoms with Gasteiger partial charge in [-0.3, -0.25) is 0 Å². The Morgan fingerprint density at radius 1 is 0.444 bits per heavy atom. The Balaban J connectivity index is 1.71. The fourth-order valence-electron chi connectivity index (χ4n) is 10.1. The summed E-state index contributed by atoms with van der Waals surface area (Å²) in [4.78, 5) is 0. The predicted molar refractivity (Wildman–Crippen MR) is 242 cm³/mol. The Morgan fingerprint density at radius 2 is 0.778 bits per heavy atom. The van der Waals surface area contributed by atoms with Crippen LogP contribution in [0.4, 0.5) is 0 Å². The van der Waals surface area contributed by atoms with Crippen molar-refractivity contribution in [3.05, 3.63) is 128 Å². The molecule has 2 unspecified atom stereocenters. The van der Waals surface area contributed by atoms with Crippen molar-refractivity contribution in [3.8, 4) is 22.3 Å². The molecule has 0 bridgehead atoms. The van der Waals surface area contributed by atoms with E-state index >= 15 is 0 Å². The maximum absolute atomic E-state index is 9.00. The Morgan fingerprint density at radius 3 is 1.07 bits per heavy atom. The second kappa shape index (κ2) is 15.4. The first-order valence-corrected chi connectivity index (χ1v) is 37.2. The van der Waals surface area contributed by atoms with Gasteiger partial charge < -0.3 is 0 Å². The second-order valence-corrected chi connectivity index (χ2v) is 61.2. The van der Waals surface area contributed by atoms with Gasteiger partial charge >= 0.3 is 340 Å². The molecule has 0 spiro atoms. The van der Waals surface area contributed by atoms with Crippen molar-refractivity contribution in [2.45, 2.75) is 127 Å². The van der Waals surface area contributed by atoms with Crippen molar-refractivity contribution in [1.29, 1.82) is 0 Å². The quantitative estimate of drug-likeness (QED) is 0.132. The Hall–Kier alpha value is -1.96. The summed E-state index contributed by atoms with van der Waals surface area (Å²) >= 11 is -5.04. The molecule has 2 aliphatic rings. The van der Waals surface area contributed by atoms with Crippen LogP contribution in [-0.4, -0.2) is 5.92 Å². The van der Waals surface area contributed by atoms with E-state index in [1.165, 1.54) is 77.9 Å². The summed E-state index contributed by atoms with van der Waals surface area (Å²) in [6.07, 6.45) is 5.14. The van der Waals surface area contributed by atoms with E-state index in [4.69, 9.17) is 17.0 Å². The molecule has 0 fully saturated rings. The number of allylic oxidation sites excluding steroid dienone is 2. The molecular weight excluding hydrogens is 791 g/mol. The first kappa shape index (κ1) is 41.7. The SMILES string of the molecule is CC(C)C1=Cc2c(ccc(C(C)C)c2-c2ccccc2C(C)C)[CH]1[Zr]([Cl])([Cl])([CH]1C(C(C)C)=Cc2c1ccc(C(C)C)c2-c1ccccc1C(C)C)[SiH](C)C.